The molecule has 0 radical (unpaired) electrons. The van der Waals surface area contributed by atoms with Gasteiger partial charge in [-0.15, -0.1) is 0 Å². The fourth-order valence-corrected chi connectivity index (χ4v) is 1.94. The Morgan fingerprint density at radius 2 is 1.56 bits per heavy atom. The normalized spacial score (nSPS) is 11.1. The smallest absolute Gasteiger partial charge is 0.159 e. The van der Waals surface area contributed by atoms with Gasteiger partial charge in [-0.25, -0.2) is 0 Å². The van der Waals surface area contributed by atoms with Crippen LogP contribution in [0.5, 0.6) is 0 Å². The number of hydrogen-bond acceptors (Lipinski definition) is 1. The average Bonchev–Trinajstić information content (AvgIpc) is 2.16. The highest BCUT2D eigenvalue weighted by Gasteiger charge is 2.17. The van der Waals surface area contributed by atoms with Crippen molar-refractivity contribution < 1.29 is 4.79 Å². The number of hydrogen-bond donors (Lipinski definition) is 0. The summed E-state index contributed by atoms with van der Waals surface area (Å²) in [6, 6.07) is 7.88. The quantitative estimate of drug-likeness (QED) is 0.548. The van der Waals surface area contributed by atoms with E-state index in [2.05, 4.69) is 33.8 Å². The van der Waals surface area contributed by atoms with Crippen molar-refractivity contribution in [1.82, 2.24) is 0 Å². The zero-order valence-corrected chi connectivity index (χ0v) is 10.8. The molecule has 0 aromatic heterocycles. The minimum absolute atomic E-state index is 0.0220. The highest BCUT2D eigenvalue weighted by molar-refractivity contribution is 5.94. The van der Waals surface area contributed by atoms with Gasteiger partial charge in [0, 0.05) is 11.0 Å². The number of rotatable bonds is 3. The van der Waals surface area contributed by atoms with Gasteiger partial charge in [0.2, 0.25) is 0 Å². The second-order valence-corrected chi connectivity index (χ2v) is 5.08. The zero-order valence-electron chi connectivity index (χ0n) is 10.8. The molecular weight excluding hydrogens is 196 g/mol. The third kappa shape index (κ3) is 3.06. The van der Waals surface area contributed by atoms with Crippen LogP contribution in [0.15, 0.2) is 35.9 Å². The van der Waals surface area contributed by atoms with Crippen molar-refractivity contribution in [2.75, 3.05) is 0 Å². The molecule has 0 fully saturated rings. The molecule has 1 nitrogen and oxygen atoms in total. The van der Waals surface area contributed by atoms with Crippen LogP contribution in [-0.2, 0) is 5.41 Å². The van der Waals surface area contributed by atoms with Crippen molar-refractivity contribution in [2.24, 2.45) is 0 Å². The Hall–Kier alpha value is -1.37. The van der Waals surface area contributed by atoms with Crippen molar-refractivity contribution in [2.45, 2.75) is 40.0 Å². The van der Waals surface area contributed by atoms with Gasteiger partial charge in [-0.1, -0.05) is 49.8 Å². The van der Waals surface area contributed by atoms with Crippen LogP contribution >= 0.6 is 0 Å². The van der Waals surface area contributed by atoms with Crippen LogP contribution < -0.4 is 0 Å². The Morgan fingerprint density at radius 3 is 1.94 bits per heavy atom. The van der Waals surface area contributed by atoms with Gasteiger partial charge in [0.25, 0.3) is 0 Å². The van der Waals surface area contributed by atoms with Gasteiger partial charge in [0.05, 0.1) is 0 Å². The largest absolute Gasteiger partial charge is 0.295 e. The van der Waals surface area contributed by atoms with E-state index < -0.39 is 0 Å². The molecule has 86 valence electrons. The number of Topliss-reactive ketones (excluding diaryl/α,β-unsaturated/α-hetero) is 1. The summed E-state index contributed by atoms with van der Waals surface area (Å²) in [6.45, 7) is 10.2. The number of ketones is 1. The summed E-state index contributed by atoms with van der Waals surface area (Å²) in [7, 11) is 0. The Balaban J connectivity index is 3.06. The summed E-state index contributed by atoms with van der Waals surface area (Å²) < 4.78 is 0. The van der Waals surface area contributed by atoms with E-state index in [1.807, 2.05) is 24.3 Å². The van der Waals surface area contributed by atoms with Crippen molar-refractivity contribution in [3.63, 3.8) is 0 Å². The van der Waals surface area contributed by atoms with Crippen LogP contribution in [0.3, 0.4) is 0 Å². The van der Waals surface area contributed by atoms with E-state index in [9.17, 15) is 4.79 Å². The van der Waals surface area contributed by atoms with Gasteiger partial charge in [-0.2, -0.15) is 0 Å². The molecule has 0 bridgehead atoms. The summed E-state index contributed by atoms with van der Waals surface area (Å²) in [5, 5.41) is 0. The summed E-state index contributed by atoms with van der Waals surface area (Å²) in [4.78, 5) is 11.2. The van der Waals surface area contributed by atoms with Gasteiger partial charge < -0.3 is 0 Å². The van der Waals surface area contributed by atoms with Crippen LogP contribution in [0.1, 0.15) is 50.5 Å². The lowest BCUT2D eigenvalue weighted by molar-refractivity contribution is 0.101. The molecule has 0 unspecified atom stereocenters. The first-order valence-electron chi connectivity index (χ1n) is 5.60. The molecular formula is C15H20O. The van der Waals surface area contributed by atoms with Gasteiger partial charge in [-0.3, -0.25) is 4.79 Å². The number of benzene rings is 1. The lowest BCUT2D eigenvalue weighted by Crippen LogP contribution is -2.14. The third-order valence-electron chi connectivity index (χ3n) is 2.68. The van der Waals surface area contributed by atoms with Crippen LogP contribution in [0.4, 0.5) is 0 Å². The molecule has 1 heteroatoms. The Morgan fingerprint density at radius 1 is 1.06 bits per heavy atom. The Labute approximate surface area is 98.2 Å². The number of allylic oxidation sites excluding steroid dienone is 2. The maximum atomic E-state index is 11.2. The topological polar surface area (TPSA) is 17.1 Å². The molecule has 0 amide bonds. The first-order valence-corrected chi connectivity index (χ1v) is 5.60. The van der Waals surface area contributed by atoms with Crippen molar-refractivity contribution in [1.29, 1.82) is 0 Å². The zero-order chi connectivity index (χ0) is 12.3. The van der Waals surface area contributed by atoms with Crippen LogP contribution in [0.25, 0.3) is 0 Å². The maximum absolute atomic E-state index is 11.2. The summed E-state index contributed by atoms with van der Waals surface area (Å²) in [6.07, 6.45) is 2.25. The second-order valence-electron chi connectivity index (χ2n) is 5.08. The molecule has 1 aromatic rings. The molecule has 0 spiro atoms. The lowest BCUT2D eigenvalue weighted by Gasteiger charge is -2.22. The first-order chi connectivity index (χ1) is 7.33. The van der Waals surface area contributed by atoms with E-state index in [0.717, 1.165) is 5.56 Å². The van der Waals surface area contributed by atoms with E-state index in [-0.39, 0.29) is 11.2 Å². The molecule has 16 heavy (non-hydrogen) atoms. The molecule has 0 aliphatic carbocycles. The van der Waals surface area contributed by atoms with Crippen molar-refractivity contribution in [3.8, 4) is 0 Å². The standard InChI is InChI=1S/C15H20O/c1-11(2)10-15(4,5)14-8-6-13(7-9-14)12(3)16/h6-10H,1-5H3. The van der Waals surface area contributed by atoms with E-state index in [1.165, 1.54) is 11.1 Å². The van der Waals surface area contributed by atoms with Gasteiger partial charge in [-0.05, 0) is 26.3 Å². The fourth-order valence-electron chi connectivity index (χ4n) is 1.94. The monoisotopic (exact) mass is 216 g/mol. The van der Waals surface area contributed by atoms with Crippen molar-refractivity contribution in [3.05, 3.63) is 47.0 Å². The molecule has 0 aliphatic rings. The van der Waals surface area contributed by atoms with Gasteiger partial charge >= 0.3 is 0 Å². The van der Waals surface area contributed by atoms with Gasteiger partial charge in [0.15, 0.2) is 5.78 Å². The molecule has 0 heterocycles. The molecule has 1 aromatic carbocycles. The van der Waals surface area contributed by atoms with E-state index in [4.69, 9.17) is 0 Å². The summed E-state index contributed by atoms with van der Waals surface area (Å²) >= 11 is 0. The second kappa shape index (κ2) is 4.65. The van der Waals surface area contributed by atoms with E-state index in [0.29, 0.717) is 0 Å². The lowest BCUT2D eigenvalue weighted by atomic mass is 9.83. The molecule has 0 aliphatic heterocycles. The van der Waals surface area contributed by atoms with Crippen molar-refractivity contribution >= 4 is 5.78 Å². The van der Waals surface area contributed by atoms with Crippen LogP contribution in [-0.4, -0.2) is 5.78 Å². The first kappa shape index (κ1) is 12.7. The fraction of sp³-hybridized carbons (Fsp3) is 0.400. The Bertz CT molecular complexity index is 404. The molecule has 1 rings (SSSR count). The summed E-state index contributed by atoms with van der Waals surface area (Å²) in [5.74, 6) is 0.117. The SMILES string of the molecule is CC(=O)c1ccc(C(C)(C)C=C(C)C)cc1. The van der Waals surface area contributed by atoms with Crippen LogP contribution in [0, 0.1) is 0 Å². The highest BCUT2D eigenvalue weighted by Crippen LogP contribution is 2.26. The van der Waals surface area contributed by atoms with E-state index >= 15 is 0 Å². The third-order valence-corrected chi connectivity index (χ3v) is 2.68. The number of carbonyl (C=O) groups excluding carboxylic acids is 1. The average molecular weight is 216 g/mol. The minimum Gasteiger partial charge on any atom is -0.295 e. The molecule has 0 N–H and O–H groups in total. The molecule has 0 saturated heterocycles. The molecule has 0 atom stereocenters. The van der Waals surface area contributed by atoms with Gasteiger partial charge in [0.1, 0.15) is 0 Å². The molecule has 0 saturated carbocycles. The highest BCUT2D eigenvalue weighted by atomic mass is 16.1. The van der Waals surface area contributed by atoms with Crippen LogP contribution in [0.2, 0.25) is 0 Å². The maximum Gasteiger partial charge on any atom is 0.159 e. The predicted molar refractivity (Wildman–Crippen MR) is 68.9 cm³/mol. The predicted octanol–water partition coefficient (Wildman–Crippen LogP) is 4.13. The number of carbonyl (C=O) groups is 1. The summed E-state index contributed by atoms with van der Waals surface area (Å²) in [5.41, 5.74) is 3.34. The van der Waals surface area contributed by atoms with E-state index in [1.54, 1.807) is 6.92 Å². The minimum atomic E-state index is 0.0220. The Kier molecular flexibility index (Phi) is 3.69.